The molecular formula is C15H23NO. The summed E-state index contributed by atoms with van der Waals surface area (Å²) < 4.78 is 5.16. The molecule has 1 aliphatic rings. The van der Waals surface area contributed by atoms with Crippen molar-refractivity contribution in [3.8, 4) is 0 Å². The summed E-state index contributed by atoms with van der Waals surface area (Å²) in [7, 11) is 0. The molecule has 17 heavy (non-hydrogen) atoms. The van der Waals surface area contributed by atoms with Crippen molar-refractivity contribution >= 4 is 6.08 Å². The molecule has 2 rings (SSSR count). The van der Waals surface area contributed by atoms with Crippen LogP contribution in [0.25, 0.3) is 6.08 Å². The average Bonchev–Trinajstić information content (AvgIpc) is 2.42. The van der Waals surface area contributed by atoms with Crippen molar-refractivity contribution in [2.75, 3.05) is 32.8 Å². The third-order valence-electron chi connectivity index (χ3n) is 2.71. The van der Waals surface area contributed by atoms with Gasteiger partial charge < -0.3 is 4.74 Å². The zero-order valence-corrected chi connectivity index (χ0v) is 10.9. The lowest BCUT2D eigenvalue weighted by Gasteiger charge is -2.24. The van der Waals surface area contributed by atoms with E-state index in [1.54, 1.807) is 0 Å². The minimum Gasteiger partial charge on any atom is -0.379 e. The molecule has 2 heteroatoms. The predicted molar refractivity (Wildman–Crippen MR) is 74.1 cm³/mol. The Hall–Kier alpha value is -1.12. The summed E-state index contributed by atoms with van der Waals surface area (Å²) in [5.41, 5.74) is 1.26. The van der Waals surface area contributed by atoms with E-state index in [1.807, 2.05) is 31.2 Å². The standard InChI is InChI=1S/C9H10.C6H13NO/c1-2-6-9-7-4-3-5-8-9;1-2-7-3-5-8-6-4-7/h2-8H,1H3;2-6H2,1H3/b6-2+;. The Labute approximate surface area is 105 Å². The fourth-order valence-electron chi connectivity index (χ4n) is 1.67. The van der Waals surface area contributed by atoms with Crippen molar-refractivity contribution < 1.29 is 4.74 Å². The second kappa shape index (κ2) is 8.97. The fourth-order valence-corrected chi connectivity index (χ4v) is 1.67. The molecule has 0 saturated carbocycles. The number of allylic oxidation sites excluding steroid dienone is 1. The van der Waals surface area contributed by atoms with Gasteiger partial charge >= 0.3 is 0 Å². The van der Waals surface area contributed by atoms with Crippen LogP contribution in [-0.2, 0) is 4.74 Å². The van der Waals surface area contributed by atoms with Gasteiger partial charge in [-0.1, -0.05) is 49.4 Å². The molecule has 0 atom stereocenters. The Kier molecular flexibility index (Phi) is 7.35. The van der Waals surface area contributed by atoms with Gasteiger partial charge in [-0.25, -0.2) is 0 Å². The van der Waals surface area contributed by atoms with Crippen LogP contribution in [0.5, 0.6) is 0 Å². The molecule has 0 unspecified atom stereocenters. The summed E-state index contributed by atoms with van der Waals surface area (Å²) in [6.07, 6.45) is 4.12. The average molecular weight is 233 g/mol. The molecule has 94 valence electrons. The topological polar surface area (TPSA) is 12.5 Å². The van der Waals surface area contributed by atoms with Crippen LogP contribution in [0.1, 0.15) is 19.4 Å². The highest BCUT2D eigenvalue weighted by molar-refractivity contribution is 5.47. The van der Waals surface area contributed by atoms with E-state index in [9.17, 15) is 0 Å². The molecule has 1 heterocycles. The van der Waals surface area contributed by atoms with Crippen molar-refractivity contribution in [1.29, 1.82) is 0 Å². The molecule has 0 aromatic heterocycles. The van der Waals surface area contributed by atoms with Crippen LogP contribution in [0.3, 0.4) is 0 Å². The van der Waals surface area contributed by atoms with E-state index < -0.39 is 0 Å². The molecule has 1 saturated heterocycles. The summed E-state index contributed by atoms with van der Waals surface area (Å²) in [5, 5.41) is 0. The number of rotatable bonds is 2. The molecular weight excluding hydrogens is 210 g/mol. The zero-order valence-electron chi connectivity index (χ0n) is 10.9. The zero-order chi connectivity index (χ0) is 12.3. The lowest BCUT2D eigenvalue weighted by Crippen LogP contribution is -2.35. The highest BCUT2D eigenvalue weighted by atomic mass is 16.5. The number of hydrogen-bond acceptors (Lipinski definition) is 2. The molecule has 0 bridgehead atoms. The van der Waals surface area contributed by atoms with Crippen LogP contribution < -0.4 is 0 Å². The predicted octanol–water partition coefficient (Wildman–Crippen LogP) is 3.06. The van der Waals surface area contributed by atoms with Gasteiger partial charge in [0.1, 0.15) is 0 Å². The first-order valence-electron chi connectivity index (χ1n) is 6.34. The van der Waals surface area contributed by atoms with Crippen molar-refractivity contribution in [1.82, 2.24) is 4.90 Å². The smallest absolute Gasteiger partial charge is 0.0594 e. The Morgan fingerprint density at radius 2 is 1.82 bits per heavy atom. The van der Waals surface area contributed by atoms with E-state index in [1.165, 1.54) is 12.1 Å². The highest BCUT2D eigenvalue weighted by Crippen LogP contribution is 1.99. The molecule has 1 aromatic rings. The first kappa shape index (κ1) is 13.9. The monoisotopic (exact) mass is 233 g/mol. The Morgan fingerprint density at radius 3 is 2.29 bits per heavy atom. The van der Waals surface area contributed by atoms with Gasteiger partial charge in [-0.15, -0.1) is 0 Å². The maximum absolute atomic E-state index is 5.16. The lowest BCUT2D eigenvalue weighted by atomic mass is 10.2. The summed E-state index contributed by atoms with van der Waals surface area (Å²) in [6.45, 7) is 9.47. The Balaban J connectivity index is 0.000000171. The first-order chi connectivity index (χ1) is 8.36. The largest absolute Gasteiger partial charge is 0.379 e. The second-order valence-corrected chi connectivity index (χ2v) is 3.96. The lowest BCUT2D eigenvalue weighted by molar-refractivity contribution is 0.0405. The van der Waals surface area contributed by atoms with Gasteiger partial charge in [0.2, 0.25) is 0 Å². The maximum Gasteiger partial charge on any atom is 0.0594 e. The first-order valence-corrected chi connectivity index (χ1v) is 6.34. The second-order valence-electron chi connectivity index (χ2n) is 3.96. The molecule has 0 spiro atoms. The summed E-state index contributed by atoms with van der Waals surface area (Å²) in [5.74, 6) is 0. The van der Waals surface area contributed by atoms with Gasteiger partial charge in [-0.05, 0) is 19.0 Å². The highest BCUT2D eigenvalue weighted by Gasteiger charge is 2.05. The number of ether oxygens (including phenoxy) is 1. The SMILES string of the molecule is C/C=C/c1ccccc1.CCN1CCOCC1. The molecule has 1 fully saturated rings. The summed E-state index contributed by atoms with van der Waals surface area (Å²) in [6, 6.07) is 10.3. The third-order valence-corrected chi connectivity index (χ3v) is 2.71. The third kappa shape index (κ3) is 6.25. The minimum atomic E-state index is 0.924. The molecule has 1 aliphatic heterocycles. The Bertz CT molecular complexity index is 302. The summed E-state index contributed by atoms with van der Waals surface area (Å²) >= 11 is 0. The van der Waals surface area contributed by atoms with E-state index in [2.05, 4.69) is 30.0 Å². The van der Waals surface area contributed by atoms with Gasteiger partial charge in [-0.3, -0.25) is 4.90 Å². The normalized spacial score (nSPS) is 16.6. The number of likely N-dealkylation sites (N-methyl/N-ethyl adjacent to an activating group) is 1. The van der Waals surface area contributed by atoms with E-state index in [0.717, 1.165) is 26.3 Å². The van der Waals surface area contributed by atoms with Crippen LogP contribution in [0, 0.1) is 0 Å². The van der Waals surface area contributed by atoms with Crippen molar-refractivity contribution in [2.45, 2.75) is 13.8 Å². The van der Waals surface area contributed by atoms with E-state index in [-0.39, 0.29) is 0 Å². The van der Waals surface area contributed by atoms with Gasteiger partial charge in [0.05, 0.1) is 13.2 Å². The van der Waals surface area contributed by atoms with E-state index in [0.29, 0.717) is 0 Å². The fraction of sp³-hybridized carbons (Fsp3) is 0.467. The van der Waals surface area contributed by atoms with Crippen LogP contribution in [0.4, 0.5) is 0 Å². The van der Waals surface area contributed by atoms with Gasteiger partial charge in [0.25, 0.3) is 0 Å². The molecule has 1 aromatic carbocycles. The number of nitrogens with zero attached hydrogens (tertiary/aromatic N) is 1. The quantitative estimate of drug-likeness (QED) is 0.778. The number of hydrogen-bond donors (Lipinski definition) is 0. The van der Waals surface area contributed by atoms with Gasteiger partial charge in [0.15, 0.2) is 0 Å². The van der Waals surface area contributed by atoms with Crippen LogP contribution in [0.15, 0.2) is 36.4 Å². The molecule has 0 amide bonds. The van der Waals surface area contributed by atoms with Gasteiger partial charge in [0, 0.05) is 13.1 Å². The Morgan fingerprint density at radius 1 is 1.18 bits per heavy atom. The van der Waals surface area contributed by atoms with Gasteiger partial charge in [-0.2, -0.15) is 0 Å². The van der Waals surface area contributed by atoms with E-state index in [4.69, 9.17) is 4.74 Å². The number of benzene rings is 1. The van der Waals surface area contributed by atoms with Crippen LogP contribution >= 0.6 is 0 Å². The van der Waals surface area contributed by atoms with Crippen molar-refractivity contribution in [3.63, 3.8) is 0 Å². The van der Waals surface area contributed by atoms with Crippen LogP contribution in [-0.4, -0.2) is 37.7 Å². The molecule has 2 nitrogen and oxygen atoms in total. The van der Waals surface area contributed by atoms with Crippen molar-refractivity contribution in [3.05, 3.63) is 42.0 Å². The summed E-state index contributed by atoms with van der Waals surface area (Å²) in [4.78, 5) is 2.39. The van der Waals surface area contributed by atoms with Crippen molar-refractivity contribution in [2.24, 2.45) is 0 Å². The molecule has 0 N–H and O–H groups in total. The van der Waals surface area contributed by atoms with Crippen LogP contribution in [0.2, 0.25) is 0 Å². The van der Waals surface area contributed by atoms with E-state index >= 15 is 0 Å². The maximum atomic E-state index is 5.16. The molecule has 0 aliphatic carbocycles. The number of morpholine rings is 1. The molecule has 0 radical (unpaired) electrons. The minimum absolute atomic E-state index is 0.924.